The van der Waals surface area contributed by atoms with Crippen LogP contribution in [0.5, 0.6) is 0 Å². The van der Waals surface area contributed by atoms with Gasteiger partial charge in [-0.1, -0.05) is 29.8 Å². The normalized spacial score (nSPS) is 10.6. The number of rotatable bonds is 7. The SMILES string of the molecule is CSc1ccc([N+](=O)[O-])c(C(=O)NCCc2csc(-c3ccc(C)cc3)n2)c1. The Labute approximate surface area is 171 Å². The molecule has 1 aromatic heterocycles. The molecule has 2 aromatic carbocycles. The zero-order valence-corrected chi connectivity index (χ0v) is 17.1. The second-order valence-electron chi connectivity index (χ2n) is 6.16. The first-order valence-corrected chi connectivity index (χ1v) is 10.7. The maximum absolute atomic E-state index is 12.4. The van der Waals surface area contributed by atoms with Crippen LogP contribution in [0.15, 0.2) is 52.7 Å². The minimum atomic E-state index is -0.534. The van der Waals surface area contributed by atoms with Crippen LogP contribution in [0.1, 0.15) is 21.6 Å². The van der Waals surface area contributed by atoms with Crippen molar-refractivity contribution in [1.29, 1.82) is 0 Å². The highest BCUT2D eigenvalue weighted by Crippen LogP contribution is 2.25. The second-order valence-corrected chi connectivity index (χ2v) is 7.89. The van der Waals surface area contributed by atoms with Crippen LogP contribution in [-0.2, 0) is 6.42 Å². The number of thiazole rings is 1. The summed E-state index contributed by atoms with van der Waals surface area (Å²) in [6, 6.07) is 12.7. The minimum absolute atomic E-state index is 0.0791. The van der Waals surface area contributed by atoms with Crippen LogP contribution in [0.4, 0.5) is 5.69 Å². The van der Waals surface area contributed by atoms with Gasteiger partial charge in [-0.3, -0.25) is 14.9 Å². The van der Waals surface area contributed by atoms with E-state index in [0.29, 0.717) is 13.0 Å². The van der Waals surface area contributed by atoms with Crippen molar-refractivity contribution >= 4 is 34.7 Å². The molecule has 0 unspecified atom stereocenters. The average Bonchev–Trinajstić information content (AvgIpc) is 3.16. The topological polar surface area (TPSA) is 85.1 Å². The zero-order chi connectivity index (χ0) is 20.1. The van der Waals surface area contributed by atoms with E-state index in [1.165, 1.54) is 23.4 Å². The molecule has 0 radical (unpaired) electrons. The van der Waals surface area contributed by atoms with E-state index in [4.69, 9.17) is 0 Å². The molecule has 1 heterocycles. The molecular formula is C20H19N3O3S2. The number of hydrogen-bond acceptors (Lipinski definition) is 6. The first kappa shape index (κ1) is 20.0. The summed E-state index contributed by atoms with van der Waals surface area (Å²) in [5.41, 5.74) is 3.03. The molecule has 0 aliphatic heterocycles. The molecule has 3 rings (SSSR count). The number of thioether (sulfide) groups is 1. The van der Waals surface area contributed by atoms with Gasteiger partial charge in [0.25, 0.3) is 11.6 Å². The molecule has 0 aliphatic carbocycles. The summed E-state index contributed by atoms with van der Waals surface area (Å²) in [6.45, 7) is 2.40. The number of nitrogens with zero attached hydrogens (tertiary/aromatic N) is 2. The molecule has 1 amide bonds. The predicted octanol–water partition coefficient (Wildman–Crippen LogP) is 4.72. The number of benzene rings is 2. The van der Waals surface area contributed by atoms with Gasteiger partial charge in [0, 0.05) is 34.9 Å². The molecule has 0 bridgehead atoms. The van der Waals surface area contributed by atoms with E-state index in [9.17, 15) is 14.9 Å². The summed E-state index contributed by atoms with van der Waals surface area (Å²) in [5.74, 6) is -0.448. The van der Waals surface area contributed by atoms with Crippen molar-refractivity contribution in [2.45, 2.75) is 18.2 Å². The third-order valence-electron chi connectivity index (χ3n) is 4.16. The third kappa shape index (κ3) is 4.76. The zero-order valence-electron chi connectivity index (χ0n) is 15.5. The van der Waals surface area contributed by atoms with Crippen molar-refractivity contribution in [2.24, 2.45) is 0 Å². The molecule has 28 heavy (non-hydrogen) atoms. The summed E-state index contributed by atoms with van der Waals surface area (Å²) in [4.78, 5) is 28.5. The lowest BCUT2D eigenvalue weighted by atomic mass is 10.1. The van der Waals surface area contributed by atoms with Crippen molar-refractivity contribution in [3.8, 4) is 10.6 Å². The van der Waals surface area contributed by atoms with E-state index >= 15 is 0 Å². The minimum Gasteiger partial charge on any atom is -0.351 e. The summed E-state index contributed by atoms with van der Waals surface area (Å²) < 4.78 is 0. The van der Waals surface area contributed by atoms with Crippen LogP contribution in [0, 0.1) is 17.0 Å². The van der Waals surface area contributed by atoms with Gasteiger partial charge in [-0.25, -0.2) is 4.98 Å². The van der Waals surface area contributed by atoms with E-state index in [-0.39, 0.29) is 11.3 Å². The first-order chi connectivity index (χ1) is 13.5. The fourth-order valence-corrected chi connectivity index (χ4v) is 3.93. The molecular weight excluding hydrogens is 394 g/mol. The monoisotopic (exact) mass is 413 g/mol. The maximum Gasteiger partial charge on any atom is 0.282 e. The number of aryl methyl sites for hydroxylation is 1. The summed E-state index contributed by atoms with van der Waals surface area (Å²) in [7, 11) is 0. The smallest absolute Gasteiger partial charge is 0.282 e. The lowest BCUT2D eigenvalue weighted by Crippen LogP contribution is -2.26. The van der Waals surface area contributed by atoms with Gasteiger partial charge in [0.15, 0.2) is 0 Å². The molecule has 0 fully saturated rings. The second kappa shape index (κ2) is 8.99. The fourth-order valence-electron chi connectivity index (χ4n) is 2.63. The maximum atomic E-state index is 12.4. The van der Waals surface area contributed by atoms with E-state index in [0.717, 1.165) is 21.2 Å². The highest BCUT2D eigenvalue weighted by atomic mass is 32.2. The number of hydrogen-bond donors (Lipinski definition) is 1. The number of aromatic nitrogens is 1. The van der Waals surface area contributed by atoms with Crippen molar-refractivity contribution in [3.63, 3.8) is 0 Å². The average molecular weight is 414 g/mol. The van der Waals surface area contributed by atoms with Gasteiger partial charge >= 0.3 is 0 Å². The van der Waals surface area contributed by atoms with E-state index in [1.54, 1.807) is 23.5 Å². The van der Waals surface area contributed by atoms with Gasteiger partial charge in [-0.15, -0.1) is 23.1 Å². The fraction of sp³-hybridized carbons (Fsp3) is 0.200. The van der Waals surface area contributed by atoms with Gasteiger partial charge in [-0.05, 0) is 25.3 Å². The molecule has 3 aromatic rings. The predicted molar refractivity (Wildman–Crippen MR) is 113 cm³/mol. The molecule has 8 heteroatoms. The van der Waals surface area contributed by atoms with E-state index in [1.807, 2.05) is 42.8 Å². The number of nitrogens with one attached hydrogen (secondary N) is 1. The van der Waals surface area contributed by atoms with Crippen molar-refractivity contribution in [1.82, 2.24) is 10.3 Å². The highest BCUT2D eigenvalue weighted by molar-refractivity contribution is 7.98. The number of nitro groups is 1. The number of nitro benzene ring substituents is 1. The molecule has 1 N–H and O–H groups in total. The number of carbonyl (C=O) groups excluding carboxylic acids is 1. The van der Waals surface area contributed by atoms with Gasteiger partial charge in [0.05, 0.1) is 10.6 Å². The number of carbonyl (C=O) groups is 1. The van der Waals surface area contributed by atoms with Crippen molar-refractivity contribution in [2.75, 3.05) is 12.8 Å². The summed E-state index contributed by atoms with van der Waals surface area (Å²) >= 11 is 2.99. The molecule has 0 spiro atoms. The van der Waals surface area contributed by atoms with Crippen molar-refractivity contribution < 1.29 is 9.72 Å². The van der Waals surface area contributed by atoms with Gasteiger partial charge in [-0.2, -0.15) is 0 Å². The number of amides is 1. The largest absolute Gasteiger partial charge is 0.351 e. The Bertz CT molecular complexity index is 1000. The molecule has 0 saturated carbocycles. The molecule has 6 nitrogen and oxygen atoms in total. The Morgan fingerprint density at radius 3 is 2.68 bits per heavy atom. The van der Waals surface area contributed by atoms with Gasteiger partial charge in [0.1, 0.15) is 10.6 Å². The van der Waals surface area contributed by atoms with E-state index in [2.05, 4.69) is 10.3 Å². The Hall–Kier alpha value is -2.71. The summed E-state index contributed by atoms with van der Waals surface area (Å²) in [5, 5.41) is 16.9. The van der Waals surface area contributed by atoms with Crippen LogP contribution in [0.25, 0.3) is 10.6 Å². The molecule has 144 valence electrons. The Kier molecular flexibility index (Phi) is 6.43. The van der Waals surface area contributed by atoms with Crippen LogP contribution in [0.2, 0.25) is 0 Å². The molecule has 0 saturated heterocycles. The summed E-state index contributed by atoms with van der Waals surface area (Å²) in [6.07, 6.45) is 2.42. The van der Waals surface area contributed by atoms with Crippen LogP contribution in [-0.4, -0.2) is 28.6 Å². The third-order valence-corrected chi connectivity index (χ3v) is 5.83. The first-order valence-electron chi connectivity index (χ1n) is 8.60. The lowest BCUT2D eigenvalue weighted by Gasteiger charge is -2.06. The quantitative estimate of drug-likeness (QED) is 0.344. The molecule has 0 aliphatic rings. The molecule has 0 atom stereocenters. The Morgan fingerprint density at radius 1 is 1.25 bits per heavy atom. The van der Waals surface area contributed by atoms with Gasteiger partial charge in [0.2, 0.25) is 0 Å². The highest BCUT2D eigenvalue weighted by Gasteiger charge is 2.20. The Balaban J connectivity index is 1.63. The van der Waals surface area contributed by atoms with E-state index < -0.39 is 10.8 Å². The van der Waals surface area contributed by atoms with Crippen molar-refractivity contribution in [3.05, 3.63) is 74.8 Å². The van der Waals surface area contributed by atoms with Crippen LogP contribution < -0.4 is 5.32 Å². The van der Waals surface area contributed by atoms with Crippen LogP contribution >= 0.6 is 23.1 Å². The van der Waals surface area contributed by atoms with Crippen LogP contribution in [0.3, 0.4) is 0 Å². The standard InChI is InChI=1S/C20H19N3O3S2/c1-13-3-5-14(6-4-13)20-22-15(12-28-20)9-10-21-19(24)17-11-16(27-2)7-8-18(17)23(25)26/h3-8,11-12H,9-10H2,1-2H3,(H,21,24). The van der Waals surface area contributed by atoms with Gasteiger partial charge < -0.3 is 5.32 Å². The lowest BCUT2D eigenvalue weighted by molar-refractivity contribution is -0.385. The Morgan fingerprint density at radius 2 is 2.00 bits per heavy atom.